The predicted octanol–water partition coefficient (Wildman–Crippen LogP) is 2.54. The van der Waals surface area contributed by atoms with Gasteiger partial charge in [-0.3, -0.25) is 4.79 Å². The zero-order valence-electron chi connectivity index (χ0n) is 10.8. The van der Waals surface area contributed by atoms with E-state index in [1.54, 1.807) is 0 Å². The number of aryl methyl sites for hydroxylation is 1. The highest BCUT2D eigenvalue weighted by Gasteiger charge is 2.09. The van der Waals surface area contributed by atoms with Gasteiger partial charge in [0.25, 0.3) is 0 Å². The highest BCUT2D eigenvalue weighted by atomic mass is 32.1. The Balaban J connectivity index is 1.81. The Morgan fingerprint density at radius 1 is 1.42 bits per heavy atom. The zero-order valence-corrected chi connectivity index (χ0v) is 11.6. The van der Waals surface area contributed by atoms with E-state index in [1.165, 1.54) is 11.3 Å². The minimum Gasteiger partial charge on any atom is -0.375 e. The average Bonchev–Trinajstić information content (AvgIpc) is 2.83. The Kier molecular flexibility index (Phi) is 4.52. The van der Waals surface area contributed by atoms with Gasteiger partial charge in [-0.2, -0.15) is 0 Å². The normalized spacial score (nSPS) is 12.1. The molecule has 5 heteroatoms. The Labute approximate surface area is 116 Å². The van der Waals surface area contributed by atoms with E-state index in [2.05, 4.69) is 10.3 Å². The monoisotopic (exact) mass is 275 g/mol. The smallest absolute Gasteiger partial charge is 0.220 e. The maximum absolute atomic E-state index is 11.8. The fourth-order valence-corrected chi connectivity index (χ4v) is 2.42. The van der Waals surface area contributed by atoms with E-state index in [1.807, 2.05) is 42.6 Å². The number of rotatable bonds is 5. The van der Waals surface area contributed by atoms with Crippen LogP contribution in [-0.2, 0) is 11.2 Å². The standard InChI is InChI=1S/C14H17N3OS/c1-10(11-5-3-2-4-6-11)16-13(18)8-7-12-9-19-14(15)17-12/h2-6,9-10H,7-8H2,1H3,(H2,15,17)(H,16,18). The van der Waals surface area contributed by atoms with E-state index in [9.17, 15) is 4.79 Å². The highest BCUT2D eigenvalue weighted by Crippen LogP contribution is 2.14. The number of hydrogen-bond acceptors (Lipinski definition) is 4. The third-order valence-corrected chi connectivity index (χ3v) is 3.58. The first-order chi connectivity index (χ1) is 9.15. The molecule has 1 heterocycles. The Morgan fingerprint density at radius 3 is 2.79 bits per heavy atom. The van der Waals surface area contributed by atoms with E-state index in [4.69, 9.17) is 5.73 Å². The van der Waals surface area contributed by atoms with Crippen molar-refractivity contribution in [3.8, 4) is 0 Å². The molecule has 2 aromatic rings. The van der Waals surface area contributed by atoms with Crippen molar-refractivity contribution in [1.29, 1.82) is 0 Å². The second kappa shape index (κ2) is 6.33. The van der Waals surface area contributed by atoms with Gasteiger partial charge in [-0.15, -0.1) is 11.3 Å². The van der Waals surface area contributed by atoms with Crippen LogP contribution in [0, 0.1) is 0 Å². The topological polar surface area (TPSA) is 68.0 Å². The van der Waals surface area contributed by atoms with Crippen LogP contribution in [0.1, 0.15) is 30.6 Å². The zero-order chi connectivity index (χ0) is 13.7. The minimum atomic E-state index is 0.0224. The number of hydrogen-bond donors (Lipinski definition) is 2. The van der Waals surface area contributed by atoms with Gasteiger partial charge in [0, 0.05) is 11.8 Å². The third-order valence-electron chi connectivity index (χ3n) is 2.85. The van der Waals surface area contributed by atoms with Crippen molar-refractivity contribution >= 4 is 22.4 Å². The highest BCUT2D eigenvalue weighted by molar-refractivity contribution is 7.13. The molecule has 0 aliphatic carbocycles. The van der Waals surface area contributed by atoms with Crippen molar-refractivity contribution in [2.75, 3.05) is 5.73 Å². The maximum Gasteiger partial charge on any atom is 0.220 e. The number of nitrogens with zero attached hydrogens (tertiary/aromatic N) is 1. The number of benzene rings is 1. The van der Waals surface area contributed by atoms with Gasteiger partial charge in [-0.1, -0.05) is 30.3 Å². The van der Waals surface area contributed by atoms with Crippen LogP contribution in [-0.4, -0.2) is 10.9 Å². The van der Waals surface area contributed by atoms with Gasteiger partial charge in [0.05, 0.1) is 11.7 Å². The Hall–Kier alpha value is -1.88. The summed E-state index contributed by atoms with van der Waals surface area (Å²) in [7, 11) is 0. The lowest BCUT2D eigenvalue weighted by atomic mass is 10.1. The van der Waals surface area contributed by atoms with Crippen molar-refractivity contribution in [2.24, 2.45) is 0 Å². The molecule has 1 unspecified atom stereocenters. The number of carbonyl (C=O) groups is 1. The van der Waals surface area contributed by atoms with E-state index in [0.717, 1.165) is 11.3 Å². The predicted molar refractivity (Wildman–Crippen MR) is 77.8 cm³/mol. The second-order valence-electron chi connectivity index (χ2n) is 4.38. The largest absolute Gasteiger partial charge is 0.375 e. The van der Waals surface area contributed by atoms with E-state index in [0.29, 0.717) is 18.0 Å². The second-order valence-corrected chi connectivity index (χ2v) is 5.27. The molecule has 1 aromatic carbocycles. The van der Waals surface area contributed by atoms with Crippen molar-refractivity contribution < 1.29 is 4.79 Å². The summed E-state index contributed by atoms with van der Waals surface area (Å²) in [6, 6.07) is 9.93. The summed E-state index contributed by atoms with van der Waals surface area (Å²) in [5.41, 5.74) is 7.53. The molecule has 0 aliphatic rings. The molecule has 100 valence electrons. The Bertz CT molecular complexity index is 539. The summed E-state index contributed by atoms with van der Waals surface area (Å²) in [4.78, 5) is 16.0. The SMILES string of the molecule is CC(NC(=O)CCc1csc(N)n1)c1ccccc1. The van der Waals surface area contributed by atoms with Crippen LogP contribution in [0.25, 0.3) is 0 Å². The number of nitrogens with one attached hydrogen (secondary N) is 1. The molecular formula is C14H17N3OS. The van der Waals surface area contributed by atoms with Crippen LogP contribution in [0.3, 0.4) is 0 Å². The summed E-state index contributed by atoms with van der Waals surface area (Å²) in [5.74, 6) is 0.0305. The fraction of sp³-hybridized carbons (Fsp3) is 0.286. The van der Waals surface area contributed by atoms with E-state index >= 15 is 0 Å². The quantitative estimate of drug-likeness (QED) is 0.881. The molecule has 0 fully saturated rings. The van der Waals surface area contributed by atoms with Crippen molar-refractivity contribution in [2.45, 2.75) is 25.8 Å². The summed E-state index contributed by atoms with van der Waals surface area (Å²) < 4.78 is 0. The lowest BCUT2D eigenvalue weighted by Crippen LogP contribution is -2.26. The first kappa shape index (κ1) is 13.5. The number of nitrogen functional groups attached to an aromatic ring is 1. The van der Waals surface area contributed by atoms with Gasteiger partial charge in [0.1, 0.15) is 0 Å². The minimum absolute atomic E-state index is 0.0224. The van der Waals surface area contributed by atoms with Gasteiger partial charge >= 0.3 is 0 Å². The van der Waals surface area contributed by atoms with Crippen LogP contribution in [0.4, 0.5) is 5.13 Å². The first-order valence-electron chi connectivity index (χ1n) is 6.19. The van der Waals surface area contributed by atoms with Gasteiger partial charge < -0.3 is 11.1 Å². The molecule has 1 amide bonds. The van der Waals surface area contributed by atoms with Gasteiger partial charge in [-0.05, 0) is 18.9 Å². The van der Waals surface area contributed by atoms with Crippen molar-refractivity contribution in [3.63, 3.8) is 0 Å². The molecule has 4 nitrogen and oxygen atoms in total. The van der Waals surface area contributed by atoms with E-state index < -0.39 is 0 Å². The van der Waals surface area contributed by atoms with Crippen LogP contribution in [0.2, 0.25) is 0 Å². The molecule has 0 bridgehead atoms. The molecule has 19 heavy (non-hydrogen) atoms. The number of carbonyl (C=O) groups excluding carboxylic acids is 1. The molecule has 0 spiro atoms. The summed E-state index contributed by atoms with van der Waals surface area (Å²) >= 11 is 1.40. The molecule has 0 aliphatic heterocycles. The Morgan fingerprint density at radius 2 is 2.16 bits per heavy atom. The van der Waals surface area contributed by atoms with Crippen molar-refractivity contribution in [1.82, 2.24) is 10.3 Å². The molecule has 2 rings (SSSR count). The van der Waals surface area contributed by atoms with Crippen LogP contribution >= 0.6 is 11.3 Å². The van der Waals surface area contributed by atoms with Gasteiger partial charge in [-0.25, -0.2) is 4.98 Å². The number of nitrogens with two attached hydrogens (primary N) is 1. The lowest BCUT2D eigenvalue weighted by Gasteiger charge is -2.13. The van der Waals surface area contributed by atoms with E-state index in [-0.39, 0.29) is 11.9 Å². The van der Waals surface area contributed by atoms with Crippen LogP contribution in [0.15, 0.2) is 35.7 Å². The summed E-state index contributed by atoms with van der Waals surface area (Å²) in [6.45, 7) is 1.98. The number of amides is 1. The first-order valence-corrected chi connectivity index (χ1v) is 7.07. The van der Waals surface area contributed by atoms with Gasteiger partial charge in [0.15, 0.2) is 5.13 Å². The molecular weight excluding hydrogens is 258 g/mol. The van der Waals surface area contributed by atoms with Crippen molar-refractivity contribution in [3.05, 3.63) is 47.0 Å². The number of anilines is 1. The summed E-state index contributed by atoms with van der Waals surface area (Å²) in [6.07, 6.45) is 1.06. The number of thiazole rings is 1. The molecule has 1 aromatic heterocycles. The average molecular weight is 275 g/mol. The molecule has 3 N–H and O–H groups in total. The van der Waals surface area contributed by atoms with Crippen LogP contribution in [0.5, 0.6) is 0 Å². The fourth-order valence-electron chi connectivity index (χ4n) is 1.82. The van der Waals surface area contributed by atoms with Crippen LogP contribution < -0.4 is 11.1 Å². The molecule has 1 atom stereocenters. The molecule has 0 saturated heterocycles. The third kappa shape index (κ3) is 4.06. The number of aromatic nitrogens is 1. The molecule has 0 radical (unpaired) electrons. The maximum atomic E-state index is 11.8. The summed E-state index contributed by atoms with van der Waals surface area (Å²) in [5, 5.41) is 5.42. The lowest BCUT2D eigenvalue weighted by molar-refractivity contribution is -0.121. The van der Waals surface area contributed by atoms with Gasteiger partial charge in [0.2, 0.25) is 5.91 Å². The molecule has 0 saturated carbocycles.